The highest BCUT2D eigenvalue weighted by atomic mass is 35.5. The molecule has 0 aliphatic rings. The highest BCUT2D eigenvalue weighted by Crippen LogP contribution is 2.37. The van der Waals surface area contributed by atoms with Gasteiger partial charge in [-0.05, 0) is 11.5 Å². The van der Waals surface area contributed by atoms with E-state index >= 15 is 0 Å². The second-order valence-corrected chi connectivity index (χ2v) is 4.82. The summed E-state index contributed by atoms with van der Waals surface area (Å²) in [6, 6.07) is 3.74. The molecule has 17 heavy (non-hydrogen) atoms. The lowest BCUT2D eigenvalue weighted by Crippen LogP contribution is -2.26. The molecule has 94 valence electrons. The fourth-order valence-corrected chi connectivity index (χ4v) is 1.41. The second kappa shape index (κ2) is 5.35. The van der Waals surface area contributed by atoms with Crippen LogP contribution >= 0.6 is 12.4 Å². The smallest absolute Gasteiger partial charge is 0.144 e. The molecule has 1 rings (SSSR count). The quantitative estimate of drug-likeness (QED) is 0.814. The molecule has 0 saturated heterocycles. The summed E-state index contributed by atoms with van der Waals surface area (Å²) < 4.78 is 13.2. The van der Waals surface area contributed by atoms with Crippen molar-refractivity contribution in [2.45, 2.75) is 26.8 Å². The summed E-state index contributed by atoms with van der Waals surface area (Å²) in [5.74, 6) is -1.09. The molecule has 0 aliphatic carbocycles. The van der Waals surface area contributed by atoms with Crippen LogP contribution in [0.25, 0.3) is 0 Å². The molecule has 0 heterocycles. The van der Waals surface area contributed by atoms with Crippen molar-refractivity contribution in [2.24, 2.45) is 11.1 Å². The zero-order valence-corrected chi connectivity index (χ0v) is 10.8. The van der Waals surface area contributed by atoms with Gasteiger partial charge in [0.05, 0.1) is 0 Å². The second-order valence-electron chi connectivity index (χ2n) is 4.82. The van der Waals surface area contributed by atoms with E-state index in [1.54, 1.807) is 6.07 Å². The Morgan fingerprint density at radius 2 is 1.94 bits per heavy atom. The van der Waals surface area contributed by atoms with Gasteiger partial charge in [0, 0.05) is 11.6 Å². The van der Waals surface area contributed by atoms with Crippen LogP contribution in [0.2, 0.25) is 0 Å². The van der Waals surface area contributed by atoms with Crippen LogP contribution in [0.1, 0.15) is 37.9 Å². The van der Waals surface area contributed by atoms with Crippen LogP contribution in [0.5, 0.6) is 5.75 Å². The Kier molecular flexibility index (Phi) is 4.94. The zero-order chi connectivity index (χ0) is 12.5. The van der Waals surface area contributed by atoms with Gasteiger partial charge in [-0.3, -0.25) is 0 Å². The largest absolute Gasteiger partial charge is 0.506 e. The van der Waals surface area contributed by atoms with E-state index in [-0.39, 0.29) is 29.1 Å². The maximum Gasteiger partial charge on any atom is 0.144 e. The molecule has 0 saturated carbocycles. The molecule has 0 amide bonds. The monoisotopic (exact) mass is 258 g/mol. The molecular formula is C12H16ClFN2O. The molecule has 1 atom stereocenters. The Labute approximate surface area is 106 Å². The summed E-state index contributed by atoms with van der Waals surface area (Å²) in [5.41, 5.74) is 5.72. The highest BCUT2D eigenvalue weighted by Gasteiger charge is 2.26. The van der Waals surface area contributed by atoms with E-state index in [1.807, 2.05) is 20.8 Å². The van der Waals surface area contributed by atoms with Crippen LogP contribution in [0.15, 0.2) is 12.1 Å². The molecule has 1 aromatic carbocycles. The Bertz CT molecular complexity index is 449. The first kappa shape index (κ1) is 15.7. The predicted molar refractivity (Wildman–Crippen MR) is 66.4 cm³/mol. The van der Waals surface area contributed by atoms with Gasteiger partial charge < -0.3 is 10.8 Å². The molecule has 1 aromatic rings. The molecule has 0 aliphatic heterocycles. The predicted octanol–water partition coefficient (Wildman–Crippen LogP) is 2.87. The van der Waals surface area contributed by atoms with Gasteiger partial charge in [0.25, 0.3) is 0 Å². The van der Waals surface area contributed by atoms with Crippen molar-refractivity contribution in [3.05, 3.63) is 29.1 Å². The Balaban J connectivity index is 0.00000256. The van der Waals surface area contributed by atoms with Gasteiger partial charge >= 0.3 is 0 Å². The minimum atomic E-state index is -0.732. The van der Waals surface area contributed by atoms with Gasteiger partial charge in [0.2, 0.25) is 0 Å². The van der Waals surface area contributed by atoms with Crippen molar-refractivity contribution in [3.8, 4) is 11.8 Å². The summed E-state index contributed by atoms with van der Waals surface area (Å²) in [4.78, 5) is 0. The minimum absolute atomic E-state index is 0. The number of benzene rings is 1. The summed E-state index contributed by atoms with van der Waals surface area (Å²) >= 11 is 0. The van der Waals surface area contributed by atoms with Crippen molar-refractivity contribution in [2.75, 3.05) is 0 Å². The number of phenolic OH excluding ortho intramolecular Hbond substituents is 1. The number of nitriles is 1. The Morgan fingerprint density at radius 3 is 2.35 bits per heavy atom. The molecule has 3 N–H and O–H groups in total. The lowest BCUT2D eigenvalue weighted by Gasteiger charge is -2.28. The van der Waals surface area contributed by atoms with Gasteiger partial charge in [0.15, 0.2) is 0 Å². The lowest BCUT2D eigenvalue weighted by atomic mass is 9.82. The first-order chi connectivity index (χ1) is 7.29. The first-order valence-corrected chi connectivity index (χ1v) is 4.96. The topological polar surface area (TPSA) is 70.0 Å². The van der Waals surface area contributed by atoms with Crippen molar-refractivity contribution < 1.29 is 9.50 Å². The van der Waals surface area contributed by atoms with Gasteiger partial charge in [-0.1, -0.05) is 26.8 Å². The third-order valence-corrected chi connectivity index (χ3v) is 2.54. The Hall–Kier alpha value is -1.31. The molecule has 3 nitrogen and oxygen atoms in total. The fraction of sp³-hybridized carbons (Fsp3) is 0.417. The van der Waals surface area contributed by atoms with Crippen LogP contribution < -0.4 is 5.73 Å². The molecule has 0 spiro atoms. The maximum absolute atomic E-state index is 13.2. The van der Waals surface area contributed by atoms with E-state index in [1.165, 1.54) is 6.07 Å². The summed E-state index contributed by atoms with van der Waals surface area (Å²) in [6.45, 7) is 5.73. The third-order valence-electron chi connectivity index (χ3n) is 2.54. The van der Waals surface area contributed by atoms with E-state index in [0.717, 1.165) is 6.07 Å². The normalized spacial score (nSPS) is 12.5. The van der Waals surface area contributed by atoms with Crippen LogP contribution in [0.3, 0.4) is 0 Å². The first-order valence-electron chi connectivity index (χ1n) is 4.96. The van der Waals surface area contributed by atoms with Crippen molar-refractivity contribution in [3.63, 3.8) is 0 Å². The summed E-state index contributed by atoms with van der Waals surface area (Å²) in [6.07, 6.45) is 0. The number of hydrogen-bond acceptors (Lipinski definition) is 3. The van der Waals surface area contributed by atoms with Crippen molar-refractivity contribution in [1.82, 2.24) is 0 Å². The molecule has 0 radical (unpaired) electrons. The fourth-order valence-electron chi connectivity index (χ4n) is 1.41. The number of hydrogen-bond donors (Lipinski definition) is 2. The number of phenols is 1. The van der Waals surface area contributed by atoms with E-state index in [9.17, 15) is 9.50 Å². The molecule has 0 unspecified atom stereocenters. The average Bonchev–Trinajstić information content (AvgIpc) is 2.16. The number of nitrogens with two attached hydrogens (primary N) is 1. The van der Waals surface area contributed by atoms with Gasteiger partial charge in [-0.2, -0.15) is 5.26 Å². The number of rotatable bonds is 1. The SMILES string of the molecule is CC(C)(C)[C@H](N)c1ccc(F)c(C#N)c1O.Cl. The van der Waals surface area contributed by atoms with Crippen LogP contribution in [0, 0.1) is 22.6 Å². The van der Waals surface area contributed by atoms with E-state index < -0.39 is 11.9 Å². The van der Waals surface area contributed by atoms with Crippen LogP contribution in [-0.2, 0) is 0 Å². The van der Waals surface area contributed by atoms with E-state index in [2.05, 4.69) is 0 Å². The van der Waals surface area contributed by atoms with Gasteiger partial charge in [-0.25, -0.2) is 4.39 Å². The maximum atomic E-state index is 13.2. The standard InChI is InChI=1S/C12H15FN2O.ClH/c1-12(2,3)11(15)7-4-5-9(13)8(6-14)10(7)16;/h4-5,11,16H,15H2,1-3H3;1H/t11-;/m1./s1. The molecule has 0 fully saturated rings. The molecular weight excluding hydrogens is 243 g/mol. The molecule has 0 bridgehead atoms. The van der Waals surface area contributed by atoms with E-state index in [4.69, 9.17) is 11.0 Å². The molecule has 0 aromatic heterocycles. The highest BCUT2D eigenvalue weighted by molar-refractivity contribution is 5.85. The molecule has 5 heteroatoms. The third kappa shape index (κ3) is 3.09. The van der Waals surface area contributed by atoms with Crippen molar-refractivity contribution >= 4 is 12.4 Å². The summed E-state index contributed by atoms with van der Waals surface area (Å²) in [7, 11) is 0. The minimum Gasteiger partial charge on any atom is -0.506 e. The summed E-state index contributed by atoms with van der Waals surface area (Å²) in [5, 5.41) is 18.5. The van der Waals surface area contributed by atoms with Crippen LogP contribution in [-0.4, -0.2) is 5.11 Å². The lowest BCUT2D eigenvalue weighted by molar-refractivity contribution is 0.317. The van der Waals surface area contributed by atoms with Gasteiger partial charge in [0.1, 0.15) is 23.2 Å². The van der Waals surface area contributed by atoms with Crippen molar-refractivity contribution in [1.29, 1.82) is 5.26 Å². The zero-order valence-electron chi connectivity index (χ0n) is 9.99. The number of aromatic hydroxyl groups is 1. The average molecular weight is 259 g/mol. The van der Waals surface area contributed by atoms with Gasteiger partial charge in [-0.15, -0.1) is 12.4 Å². The Morgan fingerprint density at radius 1 is 1.41 bits per heavy atom. The number of nitrogens with zero attached hydrogens (tertiary/aromatic N) is 1. The van der Waals surface area contributed by atoms with E-state index in [0.29, 0.717) is 5.56 Å². The van der Waals surface area contributed by atoms with Crippen LogP contribution in [0.4, 0.5) is 4.39 Å². The number of halogens is 2.